The van der Waals surface area contributed by atoms with Gasteiger partial charge in [0.15, 0.2) is 5.65 Å². The largest absolute Gasteiger partial charge is 0.340 e. The number of hydrogen-bond acceptors (Lipinski definition) is 3. The Bertz CT molecular complexity index is 1170. The van der Waals surface area contributed by atoms with Crippen molar-refractivity contribution in [3.05, 3.63) is 77.6 Å². The van der Waals surface area contributed by atoms with Crippen LogP contribution in [0.5, 0.6) is 0 Å². The number of anilines is 2. The molecule has 0 fully saturated rings. The van der Waals surface area contributed by atoms with Crippen LogP contribution in [0.2, 0.25) is 0 Å². The van der Waals surface area contributed by atoms with Crippen molar-refractivity contribution >= 4 is 17.2 Å². The number of aromatic nitrogens is 3. The number of unbranched alkanes of at least 4 members (excludes halogenated alkanes) is 1. The summed E-state index contributed by atoms with van der Waals surface area (Å²) in [7, 11) is 0. The van der Waals surface area contributed by atoms with Gasteiger partial charge in [0.25, 0.3) is 0 Å². The highest BCUT2D eigenvalue weighted by Crippen LogP contribution is 2.32. The normalized spacial score (nSPS) is 11.8. The minimum Gasteiger partial charge on any atom is -0.340 e. The summed E-state index contributed by atoms with van der Waals surface area (Å²) in [5, 5.41) is 8.45. The van der Waals surface area contributed by atoms with Gasteiger partial charge in [-0.05, 0) is 43.0 Å². The maximum absolute atomic E-state index is 5.05. The van der Waals surface area contributed by atoms with Crippen LogP contribution >= 0.6 is 0 Å². The van der Waals surface area contributed by atoms with E-state index in [0.29, 0.717) is 0 Å². The molecule has 0 amide bonds. The molecule has 4 heteroatoms. The third-order valence-corrected chi connectivity index (χ3v) is 5.64. The van der Waals surface area contributed by atoms with Crippen LogP contribution in [-0.2, 0) is 11.8 Å². The molecule has 2 aromatic carbocycles. The number of fused-ring (bicyclic) bond motifs is 1. The van der Waals surface area contributed by atoms with Crippen molar-refractivity contribution in [2.45, 2.75) is 59.3 Å². The van der Waals surface area contributed by atoms with E-state index in [4.69, 9.17) is 10.1 Å². The third kappa shape index (κ3) is 4.48. The van der Waals surface area contributed by atoms with E-state index in [1.807, 2.05) is 10.6 Å². The van der Waals surface area contributed by atoms with Crippen molar-refractivity contribution in [1.82, 2.24) is 14.6 Å². The van der Waals surface area contributed by atoms with Crippen LogP contribution in [0.25, 0.3) is 16.8 Å². The van der Waals surface area contributed by atoms with Gasteiger partial charge in [-0.2, -0.15) is 9.61 Å². The zero-order chi connectivity index (χ0) is 22.0. The molecule has 0 radical (unpaired) electrons. The molecule has 0 unspecified atom stereocenters. The van der Waals surface area contributed by atoms with Gasteiger partial charge in [-0.15, -0.1) is 0 Å². The van der Waals surface area contributed by atoms with Gasteiger partial charge in [-0.1, -0.05) is 76.6 Å². The molecular weight excluding hydrogens is 380 g/mol. The van der Waals surface area contributed by atoms with E-state index < -0.39 is 0 Å². The van der Waals surface area contributed by atoms with Crippen molar-refractivity contribution < 1.29 is 0 Å². The summed E-state index contributed by atoms with van der Waals surface area (Å²) in [4.78, 5) is 5.05. The first kappa shape index (κ1) is 21.1. The lowest BCUT2D eigenvalue weighted by molar-refractivity contribution is 0.569. The van der Waals surface area contributed by atoms with E-state index in [2.05, 4.69) is 94.5 Å². The SMILES string of the molecule is CCCCc1ccc(Nc2cc(C(C)(C)C)nc3c(-c4ccccc4)c(C)nn23)cc1. The zero-order valence-corrected chi connectivity index (χ0v) is 19.2. The fraction of sp³-hybridized carbons (Fsp3) is 0.333. The molecule has 2 aromatic heterocycles. The fourth-order valence-corrected chi connectivity index (χ4v) is 3.82. The maximum atomic E-state index is 5.05. The second-order valence-corrected chi connectivity index (χ2v) is 9.26. The molecule has 4 aromatic rings. The quantitative estimate of drug-likeness (QED) is 0.368. The second kappa shape index (κ2) is 8.54. The van der Waals surface area contributed by atoms with Gasteiger partial charge in [0, 0.05) is 22.7 Å². The number of hydrogen-bond donors (Lipinski definition) is 1. The molecule has 1 N–H and O–H groups in total. The predicted octanol–water partition coefficient (Wildman–Crippen LogP) is 7.09. The van der Waals surface area contributed by atoms with Crippen LogP contribution < -0.4 is 5.32 Å². The first-order valence-corrected chi connectivity index (χ1v) is 11.2. The van der Waals surface area contributed by atoms with Crippen molar-refractivity contribution in [3.8, 4) is 11.1 Å². The summed E-state index contributed by atoms with van der Waals surface area (Å²) in [5.74, 6) is 0.932. The molecule has 0 atom stereocenters. The average molecular weight is 413 g/mol. The van der Waals surface area contributed by atoms with Crippen LogP contribution in [0.3, 0.4) is 0 Å². The molecule has 0 aliphatic carbocycles. The van der Waals surface area contributed by atoms with Gasteiger partial charge in [0.2, 0.25) is 0 Å². The number of rotatable bonds is 6. The predicted molar refractivity (Wildman–Crippen MR) is 130 cm³/mol. The van der Waals surface area contributed by atoms with Gasteiger partial charge >= 0.3 is 0 Å². The van der Waals surface area contributed by atoms with E-state index in [0.717, 1.165) is 46.1 Å². The summed E-state index contributed by atoms with van der Waals surface area (Å²) in [5.41, 5.74) is 7.49. The third-order valence-electron chi connectivity index (χ3n) is 5.64. The van der Waals surface area contributed by atoms with Gasteiger partial charge < -0.3 is 5.32 Å². The summed E-state index contributed by atoms with van der Waals surface area (Å²) >= 11 is 0. The first-order chi connectivity index (χ1) is 14.9. The minimum absolute atomic E-state index is 0.0751. The molecule has 0 bridgehead atoms. The molecule has 4 rings (SSSR count). The Hall–Kier alpha value is -3.14. The Morgan fingerprint density at radius 3 is 2.32 bits per heavy atom. The van der Waals surface area contributed by atoms with Crippen LogP contribution in [0.1, 0.15) is 57.5 Å². The van der Waals surface area contributed by atoms with E-state index in [9.17, 15) is 0 Å². The van der Waals surface area contributed by atoms with Crippen LogP contribution in [-0.4, -0.2) is 14.6 Å². The molecule has 0 saturated carbocycles. The van der Waals surface area contributed by atoms with Crippen molar-refractivity contribution in [2.75, 3.05) is 5.32 Å². The van der Waals surface area contributed by atoms with Gasteiger partial charge in [-0.3, -0.25) is 0 Å². The van der Waals surface area contributed by atoms with E-state index in [-0.39, 0.29) is 5.41 Å². The fourth-order valence-electron chi connectivity index (χ4n) is 3.82. The lowest BCUT2D eigenvalue weighted by atomic mass is 9.92. The summed E-state index contributed by atoms with van der Waals surface area (Å²) in [6.07, 6.45) is 3.57. The molecular formula is C27H32N4. The number of nitrogens with zero attached hydrogens (tertiary/aromatic N) is 3. The van der Waals surface area contributed by atoms with Gasteiger partial charge in [-0.25, -0.2) is 4.98 Å². The summed E-state index contributed by atoms with van der Waals surface area (Å²) < 4.78 is 1.94. The second-order valence-electron chi connectivity index (χ2n) is 9.26. The molecule has 2 heterocycles. The van der Waals surface area contributed by atoms with Crippen molar-refractivity contribution in [3.63, 3.8) is 0 Å². The standard InChI is InChI=1S/C27H32N4/c1-6-7-11-20-14-16-22(17-15-20)28-24-18-23(27(3,4)5)29-26-25(19(2)30-31(24)26)21-12-9-8-10-13-21/h8-10,12-18,28H,6-7,11H2,1-5H3. The Labute approximate surface area is 185 Å². The van der Waals surface area contributed by atoms with Crippen LogP contribution in [0, 0.1) is 6.92 Å². The first-order valence-electron chi connectivity index (χ1n) is 11.2. The number of aryl methyl sites for hydroxylation is 2. The van der Waals surface area contributed by atoms with Gasteiger partial charge in [0.05, 0.1) is 11.4 Å². The van der Waals surface area contributed by atoms with E-state index >= 15 is 0 Å². The molecule has 0 saturated heterocycles. The van der Waals surface area contributed by atoms with Crippen LogP contribution in [0.15, 0.2) is 60.7 Å². The monoisotopic (exact) mass is 412 g/mol. The molecule has 160 valence electrons. The highest BCUT2D eigenvalue weighted by molar-refractivity contribution is 5.81. The molecule has 31 heavy (non-hydrogen) atoms. The van der Waals surface area contributed by atoms with Crippen molar-refractivity contribution in [1.29, 1.82) is 0 Å². The Morgan fingerprint density at radius 1 is 0.968 bits per heavy atom. The Kier molecular flexibility index (Phi) is 5.81. The van der Waals surface area contributed by atoms with Crippen molar-refractivity contribution in [2.24, 2.45) is 0 Å². The summed E-state index contributed by atoms with van der Waals surface area (Å²) in [6.45, 7) is 10.9. The average Bonchev–Trinajstić information content (AvgIpc) is 3.09. The Morgan fingerprint density at radius 2 is 1.68 bits per heavy atom. The topological polar surface area (TPSA) is 42.2 Å². The van der Waals surface area contributed by atoms with E-state index in [1.165, 1.54) is 18.4 Å². The molecule has 0 aliphatic heterocycles. The highest BCUT2D eigenvalue weighted by atomic mass is 15.3. The number of nitrogens with one attached hydrogen (secondary N) is 1. The maximum Gasteiger partial charge on any atom is 0.165 e. The molecule has 0 aliphatic rings. The minimum atomic E-state index is -0.0751. The lowest BCUT2D eigenvalue weighted by Crippen LogP contribution is -2.16. The highest BCUT2D eigenvalue weighted by Gasteiger charge is 2.22. The van der Waals surface area contributed by atoms with E-state index in [1.54, 1.807) is 0 Å². The molecule has 4 nitrogen and oxygen atoms in total. The zero-order valence-electron chi connectivity index (χ0n) is 19.2. The Balaban J connectivity index is 1.81. The van der Waals surface area contributed by atoms with Gasteiger partial charge in [0.1, 0.15) is 5.82 Å². The summed E-state index contributed by atoms with van der Waals surface area (Å²) in [6, 6.07) is 21.3. The van der Waals surface area contributed by atoms with Crippen LogP contribution in [0.4, 0.5) is 11.5 Å². The lowest BCUT2D eigenvalue weighted by Gasteiger charge is -2.20. The number of benzene rings is 2. The molecule has 0 spiro atoms. The smallest absolute Gasteiger partial charge is 0.165 e.